The second-order valence-electron chi connectivity index (χ2n) is 5.08. The maximum absolute atomic E-state index is 3.58. The van der Waals surface area contributed by atoms with Gasteiger partial charge in [0.2, 0.25) is 0 Å². The minimum atomic E-state index is 1.05. The van der Waals surface area contributed by atoms with E-state index in [4.69, 9.17) is 0 Å². The lowest BCUT2D eigenvalue weighted by Gasteiger charge is -2.17. The topological polar surface area (TPSA) is 4.93 Å². The van der Waals surface area contributed by atoms with Crippen molar-refractivity contribution in [3.05, 3.63) is 34.5 Å². The molecule has 1 aliphatic rings. The molecule has 0 aliphatic carbocycles. The lowest BCUT2D eigenvalue weighted by atomic mass is 9.99. The van der Waals surface area contributed by atoms with Crippen molar-refractivity contribution in [2.45, 2.75) is 39.7 Å². The molecule has 17 heavy (non-hydrogen) atoms. The average molecular weight is 292 g/mol. The van der Waals surface area contributed by atoms with Crippen LogP contribution in [0.25, 0.3) is 10.9 Å². The number of hydrogen-bond acceptors (Lipinski definition) is 0. The van der Waals surface area contributed by atoms with Crippen molar-refractivity contribution in [1.29, 1.82) is 0 Å². The molecule has 0 unspecified atom stereocenters. The molecule has 1 aromatic heterocycles. The van der Waals surface area contributed by atoms with E-state index in [2.05, 4.69) is 46.5 Å². The second-order valence-corrected chi connectivity index (χ2v) is 5.87. The standard InChI is InChI=1S/C15H18BrN/c1-10-8-12-4-3-7-17-11(2)13(5-6-16)14(9-10)15(12)17/h8-9H,3-7H2,1-2H3. The van der Waals surface area contributed by atoms with E-state index in [1.54, 1.807) is 11.1 Å². The van der Waals surface area contributed by atoms with Gasteiger partial charge in [-0.2, -0.15) is 0 Å². The van der Waals surface area contributed by atoms with Crippen LogP contribution in [0.3, 0.4) is 0 Å². The zero-order chi connectivity index (χ0) is 12.0. The molecule has 0 saturated carbocycles. The molecule has 0 atom stereocenters. The van der Waals surface area contributed by atoms with Crippen LogP contribution in [0.5, 0.6) is 0 Å². The van der Waals surface area contributed by atoms with E-state index < -0.39 is 0 Å². The fraction of sp³-hybridized carbons (Fsp3) is 0.467. The van der Waals surface area contributed by atoms with Crippen LogP contribution in [0.2, 0.25) is 0 Å². The Bertz CT molecular complexity index is 580. The number of alkyl halides is 1. The van der Waals surface area contributed by atoms with Crippen LogP contribution >= 0.6 is 15.9 Å². The van der Waals surface area contributed by atoms with Crippen LogP contribution in [0.4, 0.5) is 0 Å². The summed E-state index contributed by atoms with van der Waals surface area (Å²) in [6.45, 7) is 5.69. The molecule has 0 spiro atoms. The van der Waals surface area contributed by atoms with Gasteiger partial charge in [-0.15, -0.1) is 0 Å². The van der Waals surface area contributed by atoms with Crippen LogP contribution in [0, 0.1) is 13.8 Å². The molecule has 1 aromatic carbocycles. The fourth-order valence-corrected chi connectivity index (χ4v) is 3.63. The third kappa shape index (κ3) is 1.65. The Morgan fingerprint density at radius 1 is 1.29 bits per heavy atom. The summed E-state index contributed by atoms with van der Waals surface area (Å²) < 4.78 is 2.53. The minimum absolute atomic E-state index is 1.05. The van der Waals surface area contributed by atoms with Gasteiger partial charge in [-0.1, -0.05) is 27.6 Å². The molecule has 0 saturated heterocycles. The van der Waals surface area contributed by atoms with Gasteiger partial charge in [-0.25, -0.2) is 0 Å². The van der Waals surface area contributed by atoms with Gasteiger partial charge < -0.3 is 4.57 Å². The van der Waals surface area contributed by atoms with Gasteiger partial charge in [0.15, 0.2) is 0 Å². The third-order valence-corrected chi connectivity index (χ3v) is 4.34. The summed E-state index contributed by atoms with van der Waals surface area (Å²) in [5.74, 6) is 0. The number of aryl methyl sites for hydroxylation is 4. The Balaban J connectivity index is 2.39. The normalized spacial score (nSPS) is 14.5. The molecule has 2 aromatic rings. The van der Waals surface area contributed by atoms with E-state index in [0.717, 1.165) is 11.8 Å². The highest BCUT2D eigenvalue weighted by Crippen LogP contribution is 2.34. The van der Waals surface area contributed by atoms with Crippen molar-refractivity contribution in [2.24, 2.45) is 0 Å². The molecule has 0 N–H and O–H groups in total. The minimum Gasteiger partial charge on any atom is -0.344 e. The van der Waals surface area contributed by atoms with Crippen molar-refractivity contribution >= 4 is 26.8 Å². The highest BCUT2D eigenvalue weighted by Gasteiger charge is 2.19. The molecule has 1 aliphatic heterocycles. The molecular formula is C15H18BrN. The Morgan fingerprint density at radius 2 is 2.12 bits per heavy atom. The molecule has 3 rings (SSSR count). The molecule has 0 fully saturated rings. The zero-order valence-electron chi connectivity index (χ0n) is 10.5. The first-order valence-corrected chi connectivity index (χ1v) is 7.51. The summed E-state index contributed by atoms with van der Waals surface area (Å²) in [6, 6.07) is 4.74. The Morgan fingerprint density at radius 3 is 2.88 bits per heavy atom. The lowest BCUT2D eigenvalue weighted by molar-refractivity contribution is 0.621. The van der Waals surface area contributed by atoms with Gasteiger partial charge >= 0.3 is 0 Å². The highest BCUT2D eigenvalue weighted by molar-refractivity contribution is 9.09. The maximum atomic E-state index is 3.58. The molecule has 0 amide bonds. The van der Waals surface area contributed by atoms with E-state index in [0.29, 0.717) is 0 Å². The number of nitrogens with zero attached hydrogens (tertiary/aromatic N) is 1. The van der Waals surface area contributed by atoms with Crippen molar-refractivity contribution in [2.75, 3.05) is 5.33 Å². The quantitative estimate of drug-likeness (QED) is 0.733. The number of benzene rings is 1. The SMILES string of the molecule is Cc1cc2c3c(c1)c(CCBr)c(C)n3CCC2. The van der Waals surface area contributed by atoms with Crippen LogP contribution in [0.15, 0.2) is 12.1 Å². The summed E-state index contributed by atoms with van der Waals surface area (Å²) in [5.41, 5.74) is 7.49. The lowest BCUT2D eigenvalue weighted by Crippen LogP contribution is -2.09. The van der Waals surface area contributed by atoms with Crippen LogP contribution in [-0.2, 0) is 19.4 Å². The highest BCUT2D eigenvalue weighted by atomic mass is 79.9. The first-order chi connectivity index (χ1) is 8.22. The van der Waals surface area contributed by atoms with Gasteiger partial charge in [-0.05, 0) is 50.3 Å². The number of rotatable bonds is 2. The molecule has 2 heteroatoms. The molecule has 90 valence electrons. The summed E-state index contributed by atoms with van der Waals surface area (Å²) in [7, 11) is 0. The smallest absolute Gasteiger partial charge is 0.0518 e. The monoisotopic (exact) mass is 291 g/mol. The van der Waals surface area contributed by atoms with Crippen LogP contribution in [0.1, 0.15) is 28.8 Å². The molecule has 2 heterocycles. The Labute approximate surface area is 111 Å². The number of halogens is 1. The molecule has 1 nitrogen and oxygen atoms in total. The molecule has 0 radical (unpaired) electrons. The van der Waals surface area contributed by atoms with E-state index in [1.807, 2.05) is 0 Å². The maximum Gasteiger partial charge on any atom is 0.0518 e. The third-order valence-electron chi connectivity index (χ3n) is 3.94. The molecular weight excluding hydrogens is 274 g/mol. The van der Waals surface area contributed by atoms with Gasteiger partial charge in [0.1, 0.15) is 0 Å². The summed E-state index contributed by atoms with van der Waals surface area (Å²) in [5, 5.41) is 2.55. The predicted octanol–water partition coefficient (Wildman–Crippen LogP) is 4.14. The fourth-order valence-electron chi connectivity index (χ4n) is 3.24. The summed E-state index contributed by atoms with van der Waals surface area (Å²) >= 11 is 3.58. The molecule has 0 bridgehead atoms. The van der Waals surface area contributed by atoms with Crippen LogP contribution < -0.4 is 0 Å². The van der Waals surface area contributed by atoms with Gasteiger partial charge in [-0.3, -0.25) is 0 Å². The van der Waals surface area contributed by atoms with Gasteiger partial charge in [0, 0.05) is 23.0 Å². The largest absolute Gasteiger partial charge is 0.344 e. The van der Waals surface area contributed by atoms with E-state index in [-0.39, 0.29) is 0 Å². The van der Waals surface area contributed by atoms with E-state index in [1.165, 1.54) is 41.5 Å². The Hall–Kier alpha value is -0.760. The average Bonchev–Trinajstić information content (AvgIpc) is 2.57. The van der Waals surface area contributed by atoms with Crippen molar-refractivity contribution in [3.63, 3.8) is 0 Å². The van der Waals surface area contributed by atoms with Crippen molar-refractivity contribution in [1.82, 2.24) is 4.57 Å². The van der Waals surface area contributed by atoms with Crippen molar-refractivity contribution < 1.29 is 0 Å². The second kappa shape index (κ2) is 4.16. The van der Waals surface area contributed by atoms with Crippen molar-refractivity contribution in [3.8, 4) is 0 Å². The van der Waals surface area contributed by atoms with Crippen LogP contribution in [-0.4, -0.2) is 9.90 Å². The predicted molar refractivity (Wildman–Crippen MR) is 77.2 cm³/mol. The Kier molecular flexibility index (Phi) is 2.78. The number of aromatic nitrogens is 1. The number of hydrogen-bond donors (Lipinski definition) is 0. The summed E-state index contributed by atoms with van der Waals surface area (Å²) in [4.78, 5) is 0. The van der Waals surface area contributed by atoms with E-state index >= 15 is 0 Å². The van der Waals surface area contributed by atoms with Gasteiger partial charge in [0.05, 0.1) is 5.52 Å². The van der Waals surface area contributed by atoms with Gasteiger partial charge in [0.25, 0.3) is 0 Å². The zero-order valence-corrected chi connectivity index (χ0v) is 12.1. The van der Waals surface area contributed by atoms with E-state index in [9.17, 15) is 0 Å². The first kappa shape index (κ1) is 11.3. The summed E-state index contributed by atoms with van der Waals surface area (Å²) in [6.07, 6.45) is 3.67. The first-order valence-electron chi connectivity index (χ1n) is 6.39.